The molecule has 2 heterocycles. The summed E-state index contributed by atoms with van der Waals surface area (Å²) >= 11 is 0. The molecule has 0 aliphatic carbocycles. The third kappa shape index (κ3) is 2.43. The van der Waals surface area contributed by atoms with Gasteiger partial charge in [-0.1, -0.05) is 12.1 Å². The first-order chi connectivity index (χ1) is 9.79. The van der Waals surface area contributed by atoms with Crippen LogP contribution in [-0.2, 0) is 17.6 Å². The number of rotatable bonds is 5. The van der Waals surface area contributed by atoms with E-state index in [4.69, 9.17) is 9.84 Å². The van der Waals surface area contributed by atoms with Crippen molar-refractivity contribution in [3.63, 3.8) is 0 Å². The summed E-state index contributed by atoms with van der Waals surface area (Å²) in [6, 6.07) is 8.45. The van der Waals surface area contributed by atoms with E-state index in [0.29, 0.717) is 0 Å². The lowest BCUT2D eigenvalue weighted by Gasteiger charge is -2.07. The lowest BCUT2D eigenvalue weighted by atomic mass is 10.1. The number of fused-ring (bicyclic) bond motifs is 1. The molecule has 0 saturated heterocycles. The van der Waals surface area contributed by atoms with Crippen LogP contribution in [-0.4, -0.2) is 29.5 Å². The van der Waals surface area contributed by atoms with Gasteiger partial charge in [-0.05, 0) is 38.0 Å². The van der Waals surface area contributed by atoms with Gasteiger partial charge in [0.05, 0.1) is 18.0 Å². The monoisotopic (exact) mass is 271 g/mol. The molecule has 2 aromatic rings. The zero-order valence-electron chi connectivity index (χ0n) is 12.1. The van der Waals surface area contributed by atoms with Gasteiger partial charge in [0.25, 0.3) is 0 Å². The van der Waals surface area contributed by atoms with E-state index in [9.17, 15) is 0 Å². The van der Waals surface area contributed by atoms with Gasteiger partial charge in [0.15, 0.2) is 0 Å². The smallest absolute Gasteiger partial charge is 0.133 e. The van der Waals surface area contributed by atoms with Crippen molar-refractivity contribution >= 4 is 5.82 Å². The first-order valence-corrected chi connectivity index (χ1v) is 7.29. The molecule has 1 aromatic carbocycles. The van der Waals surface area contributed by atoms with Crippen molar-refractivity contribution in [2.24, 2.45) is 0 Å². The summed E-state index contributed by atoms with van der Waals surface area (Å²) in [6.45, 7) is 6.64. The van der Waals surface area contributed by atoms with E-state index in [1.165, 1.54) is 16.8 Å². The van der Waals surface area contributed by atoms with Crippen LogP contribution in [0.1, 0.15) is 23.7 Å². The van der Waals surface area contributed by atoms with E-state index in [0.717, 1.165) is 44.1 Å². The molecule has 1 aliphatic heterocycles. The molecular formula is C16H21N3O. The second-order valence-corrected chi connectivity index (χ2v) is 5.15. The molecule has 4 heteroatoms. The summed E-state index contributed by atoms with van der Waals surface area (Å²) in [6.07, 6.45) is 1.94. The maximum Gasteiger partial charge on any atom is 0.133 e. The molecule has 0 unspecified atom stereocenters. The Hall–Kier alpha value is -1.81. The van der Waals surface area contributed by atoms with Crippen molar-refractivity contribution in [3.05, 3.63) is 41.1 Å². The Morgan fingerprint density at radius 1 is 1.40 bits per heavy atom. The van der Waals surface area contributed by atoms with Crippen LogP contribution in [0, 0.1) is 6.92 Å². The molecule has 106 valence electrons. The fourth-order valence-corrected chi connectivity index (χ4v) is 2.71. The highest BCUT2D eigenvalue weighted by atomic mass is 16.5. The largest absolute Gasteiger partial charge is 0.381 e. The van der Waals surface area contributed by atoms with Gasteiger partial charge in [-0.2, -0.15) is 5.10 Å². The average Bonchev–Trinajstić information content (AvgIpc) is 3.02. The number of anilines is 1. The van der Waals surface area contributed by atoms with Crippen LogP contribution < -0.4 is 5.32 Å². The molecule has 1 aliphatic rings. The summed E-state index contributed by atoms with van der Waals surface area (Å²) in [7, 11) is 0. The molecule has 0 atom stereocenters. The van der Waals surface area contributed by atoms with Crippen molar-refractivity contribution in [1.82, 2.24) is 9.78 Å². The zero-order valence-corrected chi connectivity index (χ0v) is 12.1. The van der Waals surface area contributed by atoms with E-state index >= 15 is 0 Å². The van der Waals surface area contributed by atoms with Crippen molar-refractivity contribution in [1.29, 1.82) is 0 Å². The van der Waals surface area contributed by atoms with Gasteiger partial charge in [-0.25, -0.2) is 4.68 Å². The molecule has 4 nitrogen and oxygen atoms in total. The quantitative estimate of drug-likeness (QED) is 0.850. The normalized spacial score (nSPS) is 13.3. The number of aromatic nitrogens is 2. The lowest BCUT2D eigenvalue weighted by Crippen LogP contribution is -2.06. The average molecular weight is 271 g/mol. The number of ether oxygens (including phenoxy) is 1. The highest BCUT2D eigenvalue weighted by molar-refractivity contribution is 5.57. The Balaban J connectivity index is 1.94. The third-order valence-corrected chi connectivity index (χ3v) is 3.67. The fourth-order valence-electron chi connectivity index (χ4n) is 2.71. The van der Waals surface area contributed by atoms with Gasteiger partial charge in [-0.3, -0.25) is 0 Å². The minimum atomic E-state index is 0.744. The molecule has 20 heavy (non-hydrogen) atoms. The van der Waals surface area contributed by atoms with Crippen molar-refractivity contribution < 1.29 is 4.74 Å². The van der Waals surface area contributed by atoms with E-state index in [-0.39, 0.29) is 0 Å². The number of nitrogens with one attached hydrogen (secondary N) is 1. The van der Waals surface area contributed by atoms with E-state index in [1.54, 1.807) is 0 Å². The minimum Gasteiger partial charge on any atom is -0.381 e. The summed E-state index contributed by atoms with van der Waals surface area (Å²) in [5.74, 6) is 1.15. The Morgan fingerprint density at radius 2 is 2.30 bits per heavy atom. The Kier molecular flexibility index (Phi) is 3.74. The van der Waals surface area contributed by atoms with Gasteiger partial charge < -0.3 is 10.1 Å². The highest BCUT2D eigenvalue weighted by Gasteiger charge is 2.22. The van der Waals surface area contributed by atoms with Crippen LogP contribution in [0.3, 0.4) is 0 Å². The summed E-state index contributed by atoms with van der Waals surface area (Å²) in [5, 5.41) is 8.25. The standard InChI is InChI=1S/C16H21N3O/c1-3-20-10-8-15-14-7-9-17-16(14)19(18-15)13-6-4-5-12(2)11-13/h4-6,11,17H,3,7-10H2,1-2H3. The third-order valence-electron chi connectivity index (χ3n) is 3.67. The van der Waals surface area contributed by atoms with Gasteiger partial charge in [-0.15, -0.1) is 0 Å². The number of aryl methyl sites for hydroxylation is 1. The van der Waals surface area contributed by atoms with Crippen LogP contribution >= 0.6 is 0 Å². The predicted molar refractivity (Wildman–Crippen MR) is 80.7 cm³/mol. The van der Waals surface area contributed by atoms with Crippen LogP contribution in [0.2, 0.25) is 0 Å². The zero-order chi connectivity index (χ0) is 13.9. The molecule has 1 N–H and O–H groups in total. The molecular weight excluding hydrogens is 250 g/mol. The maximum absolute atomic E-state index is 5.46. The highest BCUT2D eigenvalue weighted by Crippen LogP contribution is 2.29. The van der Waals surface area contributed by atoms with Crippen LogP contribution in [0.15, 0.2) is 24.3 Å². The van der Waals surface area contributed by atoms with E-state index in [1.807, 2.05) is 11.6 Å². The van der Waals surface area contributed by atoms with Gasteiger partial charge in [0.2, 0.25) is 0 Å². The maximum atomic E-state index is 5.46. The second-order valence-electron chi connectivity index (χ2n) is 5.15. The van der Waals surface area contributed by atoms with Crippen molar-refractivity contribution in [2.45, 2.75) is 26.7 Å². The molecule has 0 radical (unpaired) electrons. The summed E-state index contributed by atoms with van der Waals surface area (Å²) in [4.78, 5) is 0. The van der Waals surface area contributed by atoms with Crippen LogP contribution in [0.5, 0.6) is 0 Å². The Labute approximate surface area is 119 Å². The first-order valence-electron chi connectivity index (χ1n) is 7.29. The van der Waals surface area contributed by atoms with Crippen LogP contribution in [0.25, 0.3) is 5.69 Å². The number of hydrogen-bond acceptors (Lipinski definition) is 3. The number of benzene rings is 1. The molecule has 1 aromatic heterocycles. The van der Waals surface area contributed by atoms with Gasteiger partial charge in [0, 0.05) is 25.1 Å². The molecule has 0 fully saturated rings. The molecule has 0 spiro atoms. The van der Waals surface area contributed by atoms with Gasteiger partial charge in [0.1, 0.15) is 5.82 Å². The summed E-state index contributed by atoms with van der Waals surface area (Å²) < 4.78 is 7.50. The first kappa shape index (κ1) is 13.2. The van der Waals surface area contributed by atoms with E-state index < -0.39 is 0 Å². The molecule has 0 saturated carbocycles. The Morgan fingerprint density at radius 3 is 3.10 bits per heavy atom. The minimum absolute atomic E-state index is 0.744. The molecule has 0 bridgehead atoms. The second kappa shape index (κ2) is 5.67. The van der Waals surface area contributed by atoms with Crippen molar-refractivity contribution in [2.75, 3.05) is 25.1 Å². The van der Waals surface area contributed by atoms with Crippen molar-refractivity contribution in [3.8, 4) is 5.69 Å². The topological polar surface area (TPSA) is 39.1 Å². The predicted octanol–water partition coefficient (Wildman–Crippen LogP) is 2.73. The fraction of sp³-hybridized carbons (Fsp3) is 0.438. The summed E-state index contributed by atoms with van der Waals surface area (Å²) in [5.41, 5.74) is 4.89. The number of nitrogens with zero attached hydrogens (tertiary/aromatic N) is 2. The molecule has 0 amide bonds. The SMILES string of the molecule is CCOCCc1nn(-c2cccc(C)c2)c2c1CCN2. The lowest BCUT2D eigenvalue weighted by molar-refractivity contribution is 0.150. The van der Waals surface area contributed by atoms with Gasteiger partial charge >= 0.3 is 0 Å². The van der Waals surface area contributed by atoms with Crippen LogP contribution in [0.4, 0.5) is 5.82 Å². The molecule has 3 rings (SSSR count). The van der Waals surface area contributed by atoms with E-state index in [2.05, 4.69) is 36.5 Å². The number of hydrogen-bond donors (Lipinski definition) is 1. The Bertz CT molecular complexity index is 604.